The molecule has 0 radical (unpaired) electrons. The molecule has 0 fully saturated rings. The van der Waals surface area contributed by atoms with Crippen molar-refractivity contribution in [3.8, 4) is 0 Å². The van der Waals surface area contributed by atoms with Crippen molar-refractivity contribution in [3.05, 3.63) is 65.7 Å². The molecule has 2 nitrogen and oxygen atoms in total. The first-order chi connectivity index (χ1) is 10.6. The Morgan fingerprint density at radius 2 is 1.45 bits per heavy atom. The van der Waals surface area contributed by atoms with E-state index in [0.717, 1.165) is 12.0 Å². The molecular formula is C19H24O2S. The fraction of sp³-hybridized carbons (Fsp3) is 0.368. The molecule has 0 N–H and O–H groups in total. The monoisotopic (exact) mass is 316 g/mol. The molecule has 0 heterocycles. The van der Waals surface area contributed by atoms with Gasteiger partial charge in [0.15, 0.2) is 9.84 Å². The van der Waals surface area contributed by atoms with Gasteiger partial charge in [-0.1, -0.05) is 68.7 Å². The lowest BCUT2D eigenvalue weighted by molar-refractivity contribution is 0.595. The van der Waals surface area contributed by atoms with Crippen LogP contribution < -0.4 is 0 Å². The van der Waals surface area contributed by atoms with Gasteiger partial charge in [-0.05, 0) is 36.1 Å². The Morgan fingerprint density at radius 1 is 0.773 bits per heavy atom. The maximum absolute atomic E-state index is 12.4. The summed E-state index contributed by atoms with van der Waals surface area (Å²) in [6, 6.07) is 16.7. The van der Waals surface area contributed by atoms with Crippen molar-refractivity contribution < 1.29 is 8.42 Å². The van der Waals surface area contributed by atoms with Gasteiger partial charge >= 0.3 is 0 Å². The number of hydrogen-bond donors (Lipinski definition) is 0. The zero-order valence-corrected chi connectivity index (χ0v) is 14.0. The minimum absolute atomic E-state index is 0.0592. The Balaban J connectivity index is 1.99. The summed E-state index contributed by atoms with van der Waals surface area (Å²) in [5, 5.41) is 0. The quantitative estimate of drug-likeness (QED) is 0.657. The smallest absolute Gasteiger partial charge is 0.182 e. The summed E-state index contributed by atoms with van der Waals surface area (Å²) in [5.41, 5.74) is 2.04. The fourth-order valence-electron chi connectivity index (χ4n) is 2.50. The highest BCUT2D eigenvalue weighted by atomic mass is 32.2. The van der Waals surface area contributed by atoms with Crippen LogP contribution >= 0.6 is 0 Å². The minimum atomic E-state index is -3.26. The lowest BCUT2D eigenvalue weighted by Crippen LogP contribution is -2.05. The normalized spacial score (nSPS) is 11.5. The van der Waals surface area contributed by atoms with E-state index in [-0.39, 0.29) is 5.75 Å². The van der Waals surface area contributed by atoms with E-state index in [1.54, 1.807) is 12.1 Å². The highest BCUT2D eigenvalue weighted by Crippen LogP contribution is 2.18. The van der Waals surface area contributed by atoms with Crippen molar-refractivity contribution >= 4 is 9.84 Å². The van der Waals surface area contributed by atoms with E-state index >= 15 is 0 Å². The highest BCUT2D eigenvalue weighted by molar-refractivity contribution is 7.90. The first kappa shape index (κ1) is 16.8. The molecule has 0 aliphatic carbocycles. The van der Waals surface area contributed by atoms with Gasteiger partial charge in [0.05, 0.1) is 10.6 Å². The predicted molar refractivity (Wildman–Crippen MR) is 91.6 cm³/mol. The van der Waals surface area contributed by atoms with E-state index in [4.69, 9.17) is 0 Å². The molecule has 0 spiro atoms. The lowest BCUT2D eigenvalue weighted by Gasteiger charge is -2.06. The molecule has 0 unspecified atom stereocenters. The minimum Gasteiger partial charge on any atom is -0.223 e. The molecule has 0 aliphatic rings. The Bertz CT molecular complexity index is 658. The zero-order valence-electron chi connectivity index (χ0n) is 13.2. The molecule has 2 rings (SSSR count). The summed E-state index contributed by atoms with van der Waals surface area (Å²) < 4.78 is 24.8. The van der Waals surface area contributed by atoms with Gasteiger partial charge in [-0.25, -0.2) is 8.42 Å². The number of rotatable bonds is 8. The Labute approximate surface area is 134 Å². The fourth-order valence-corrected chi connectivity index (χ4v) is 3.85. The highest BCUT2D eigenvalue weighted by Gasteiger charge is 2.14. The van der Waals surface area contributed by atoms with E-state index in [2.05, 4.69) is 6.92 Å². The molecule has 118 valence electrons. The zero-order chi connectivity index (χ0) is 15.8. The van der Waals surface area contributed by atoms with Crippen molar-refractivity contribution in [1.82, 2.24) is 0 Å². The lowest BCUT2D eigenvalue weighted by atomic mass is 10.1. The van der Waals surface area contributed by atoms with Crippen molar-refractivity contribution in [3.63, 3.8) is 0 Å². The second kappa shape index (κ2) is 8.14. The van der Waals surface area contributed by atoms with Crippen LogP contribution in [-0.4, -0.2) is 8.42 Å². The van der Waals surface area contributed by atoms with Crippen LogP contribution in [-0.2, 0) is 22.0 Å². The van der Waals surface area contributed by atoms with Crippen LogP contribution in [0, 0.1) is 0 Å². The molecular weight excluding hydrogens is 292 g/mol. The van der Waals surface area contributed by atoms with E-state index in [9.17, 15) is 8.42 Å². The average Bonchev–Trinajstić information content (AvgIpc) is 2.53. The summed E-state index contributed by atoms with van der Waals surface area (Å²) in [4.78, 5) is 0.411. The Kier molecular flexibility index (Phi) is 6.20. The molecule has 0 amide bonds. The Morgan fingerprint density at radius 3 is 2.09 bits per heavy atom. The van der Waals surface area contributed by atoms with Crippen LogP contribution in [0.2, 0.25) is 0 Å². The summed E-state index contributed by atoms with van der Waals surface area (Å²) >= 11 is 0. The third-order valence-corrected chi connectivity index (χ3v) is 5.50. The number of hydrogen-bond acceptors (Lipinski definition) is 2. The van der Waals surface area contributed by atoms with Crippen LogP contribution in [0.5, 0.6) is 0 Å². The van der Waals surface area contributed by atoms with Crippen molar-refractivity contribution in [2.24, 2.45) is 0 Å². The third kappa shape index (κ3) is 4.99. The number of sulfone groups is 1. The van der Waals surface area contributed by atoms with Crippen LogP contribution in [0.15, 0.2) is 59.5 Å². The van der Waals surface area contributed by atoms with Crippen LogP contribution in [0.3, 0.4) is 0 Å². The SMILES string of the molecule is CCCCCCc1ccc(S(=O)(=O)Cc2ccccc2)cc1. The summed E-state index contributed by atoms with van der Waals surface area (Å²) in [6.07, 6.45) is 5.94. The topological polar surface area (TPSA) is 34.1 Å². The third-order valence-electron chi connectivity index (χ3n) is 3.80. The maximum atomic E-state index is 12.4. The summed E-state index contributed by atoms with van der Waals surface area (Å²) in [5.74, 6) is 0.0592. The molecule has 22 heavy (non-hydrogen) atoms. The summed E-state index contributed by atoms with van der Waals surface area (Å²) in [6.45, 7) is 2.20. The van der Waals surface area contributed by atoms with Gasteiger partial charge in [-0.2, -0.15) is 0 Å². The van der Waals surface area contributed by atoms with Gasteiger partial charge < -0.3 is 0 Å². The van der Waals surface area contributed by atoms with Gasteiger partial charge in [0.2, 0.25) is 0 Å². The van der Waals surface area contributed by atoms with Gasteiger partial charge in [0.25, 0.3) is 0 Å². The first-order valence-corrected chi connectivity index (χ1v) is 9.62. The van der Waals surface area contributed by atoms with Crippen molar-refractivity contribution in [2.75, 3.05) is 0 Å². The molecule has 0 saturated heterocycles. The molecule has 0 aliphatic heterocycles. The number of aryl methyl sites for hydroxylation is 1. The van der Waals surface area contributed by atoms with Gasteiger partial charge in [0.1, 0.15) is 0 Å². The standard InChI is InChI=1S/C19H24O2S/c1-2-3-4-6-9-17-12-14-19(15-13-17)22(20,21)16-18-10-7-5-8-11-18/h5,7-8,10-15H,2-4,6,9,16H2,1H3. The first-order valence-electron chi connectivity index (χ1n) is 7.97. The predicted octanol–water partition coefficient (Wildman–Crippen LogP) is 4.78. The van der Waals surface area contributed by atoms with E-state index in [1.165, 1.54) is 31.2 Å². The van der Waals surface area contributed by atoms with Gasteiger partial charge in [0, 0.05) is 0 Å². The van der Waals surface area contributed by atoms with Crippen LogP contribution in [0.1, 0.15) is 43.7 Å². The van der Waals surface area contributed by atoms with Crippen molar-refractivity contribution in [2.45, 2.75) is 49.7 Å². The molecule has 0 saturated carbocycles. The molecule has 2 aromatic carbocycles. The molecule has 0 aromatic heterocycles. The van der Waals surface area contributed by atoms with Crippen molar-refractivity contribution in [1.29, 1.82) is 0 Å². The number of unbranched alkanes of at least 4 members (excludes halogenated alkanes) is 3. The average molecular weight is 316 g/mol. The second-order valence-electron chi connectivity index (χ2n) is 5.70. The molecule has 0 bridgehead atoms. The van der Waals surface area contributed by atoms with E-state index < -0.39 is 9.84 Å². The van der Waals surface area contributed by atoms with Gasteiger partial charge in [-0.15, -0.1) is 0 Å². The molecule has 0 atom stereocenters. The Hall–Kier alpha value is -1.61. The largest absolute Gasteiger partial charge is 0.223 e. The van der Waals surface area contributed by atoms with Crippen LogP contribution in [0.25, 0.3) is 0 Å². The molecule has 3 heteroatoms. The van der Waals surface area contributed by atoms with Gasteiger partial charge in [-0.3, -0.25) is 0 Å². The molecule has 2 aromatic rings. The van der Waals surface area contributed by atoms with E-state index in [1.807, 2.05) is 42.5 Å². The van der Waals surface area contributed by atoms with Crippen LogP contribution in [0.4, 0.5) is 0 Å². The van der Waals surface area contributed by atoms with E-state index in [0.29, 0.717) is 4.90 Å². The number of benzene rings is 2. The second-order valence-corrected chi connectivity index (χ2v) is 7.69. The maximum Gasteiger partial charge on any atom is 0.182 e. The summed E-state index contributed by atoms with van der Waals surface area (Å²) in [7, 11) is -3.26.